The van der Waals surface area contributed by atoms with Crippen LogP contribution in [0, 0.1) is 12.8 Å². The number of para-hydroxylation sites is 1. The number of aromatic nitrogens is 3. The number of rotatable bonds is 5. The molecule has 0 bridgehead atoms. The Morgan fingerprint density at radius 3 is 2.62 bits per heavy atom. The Kier molecular flexibility index (Phi) is 4.39. The molecule has 132 valence electrons. The van der Waals surface area contributed by atoms with Crippen LogP contribution in [0.1, 0.15) is 30.3 Å². The maximum absolute atomic E-state index is 12.5. The number of urea groups is 1. The van der Waals surface area contributed by atoms with Gasteiger partial charge >= 0.3 is 6.03 Å². The van der Waals surface area contributed by atoms with Gasteiger partial charge < -0.3 is 10.6 Å². The van der Waals surface area contributed by atoms with Crippen molar-refractivity contribution in [3.63, 3.8) is 0 Å². The maximum atomic E-state index is 12.5. The van der Waals surface area contributed by atoms with Gasteiger partial charge in [0.15, 0.2) is 0 Å². The second-order valence-electron chi connectivity index (χ2n) is 6.56. The summed E-state index contributed by atoms with van der Waals surface area (Å²) in [5.41, 5.74) is 3.44. The van der Waals surface area contributed by atoms with Gasteiger partial charge in [0.05, 0.1) is 35.0 Å². The molecule has 0 aliphatic heterocycles. The van der Waals surface area contributed by atoms with Gasteiger partial charge in [-0.2, -0.15) is 5.10 Å². The number of hydrogen-bond donors (Lipinski definition) is 2. The molecule has 3 aromatic rings. The van der Waals surface area contributed by atoms with Crippen LogP contribution < -0.4 is 10.6 Å². The predicted molar refractivity (Wildman–Crippen MR) is 100 cm³/mol. The van der Waals surface area contributed by atoms with E-state index in [4.69, 9.17) is 0 Å². The third kappa shape index (κ3) is 3.44. The van der Waals surface area contributed by atoms with Crippen LogP contribution in [-0.4, -0.2) is 20.8 Å². The van der Waals surface area contributed by atoms with Crippen molar-refractivity contribution in [1.29, 1.82) is 0 Å². The number of anilines is 1. The SMILES string of the molecule is Cc1c(NC(=O)NC(c2ccccn2)C2CC2)cnn1-c1ccccc1. The van der Waals surface area contributed by atoms with Gasteiger partial charge in [-0.3, -0.25) is 4.98 Å². The first-order chi connectivity index (χ1) is 12.7. The molecule has 4 rings (SSSR count). The number of hydrogen-bond acceptors (Lipinski definition) is 3. The number of carbonyl (C=O) groups excluding carboxylic acids is 1. The molecule has 6 heteroatoms. The summed E-state index contributed by atoms with van der Waals surface area (Å²) >= 11 is 0. The number of pyridine rings is 1. The number of nitrogens with one attached hydrogen (secondary N) is 2. The first-order valence-electron chi connectivity index (χ1n) is 8.81. The van der Waals surface area contributed by atoms with Crippen molar-refractivity contribution in [2.45, 2.75) is 25.8 Å². The zero-order valence-corrected chi connectivity index (χ0v) is 14.6. The standard InChI is InChI=1S/C20H21N5O/c1-14-18(13-22-25(14)16-7-3-2-4-8-16)23-20(26)24-19(15-10-11-15)17-9-5-6-12-21-17/h2-9,12-13,15,19H,10-11H2,1H3,(H2,23,24,26). The minimum absolute atomic E-state index is 0.0549. The largest absolute Gasteiger partial charge is 0.329 e. The molecule has 1 unspecified atom stereocenters. The fraction of sp³-hybridized carbons (Fsp3) is 0.250. The summed E-state index contributed by atoms with van der Waals surface area (Å²) in [5.74, 6) is 0.462. The molecule has 1 aliphatic carbocycles. The van der Waals surface area contributed by atoms with E-state index in [1.807, 2.05) is 60.1 Å². The summed E-state index contributed by atoms with van der Waals surface area (Å²) in [6.07, 6.45) is 5.67. The van der Waals surface area contributed by atoms with Gasteiger partial charge in [0.1, 0.15) is 0 Å². The zero-order valence-electron chi connectivity index (χ0n) is 14.6. The van der Waals surface area contributed by atoms with Gasteiger partial charge in [0, 0.05) is 6.20 Å². The highest BCUT2D eigenvalue weighted by molar-refractivity contribution is 5.90. The molecule has 26 heavy (non-hydrogen) atoms. The lowest BCUT2D eigenvalue weighted by Crippen LogP contribution is -2.34. The molecule has 1 aromatic carbocycles. The van der Waals surface area contributed by atoms with Gasteiger partial charge in [-0.15, -0.1) is 0 Å². The molecule has 6 nitrogen and oxygen atoms in total. The molecule has 2 aromatic heterocycles. The lowest BCUT2D eigenvalue weighted by molar-refractivity contribution is 0.246. The van der Waals surface area contributed by atoms with Crippen molar-refractivity contribution in [1.82, 2.24) is 20.1 Å². The Balaban J connectivity index is 1.47. The quantitative estimate of drug-likeness (QED) is 0.736. The highest BCUT2D eigenvalue weighted by atomic mass is 16.2. The van der Waals surface area contributed by atoms with Crippen LogP contribution in [-0.2, 0) is 0 Å². The molecule has 1 saturated carbocycles. The Bertz CT molecular complexity index is 887. The maximum Gasteiger partial charge on any atom is 0.319 e. The lowest BCUT2D eigenvalue weighted by Gasteiger charge is -2.18. The molecule has 1 fully saturated rings. The number of amides is 2. The average molecular weight is 347 g/mol. The minimum atomic E-state index is -0.233. The van der Waals surface area contributed by atoms with Crippen LogP contribution in [0.3, 0.4) is 0 Å². The molecule has 2 N–H and O–H groups in total. The molecular formula is C20H21N5O. The lowest BCUT2D eigenvalue weighted by atomic mass is 10.1. The summed E-state index contributed by atoms with van der Waals surface area (Å²) in [5, 5.41) is 10.4. The molecule has 2 amide bonds. The van der Waals surface area contributed by atoms with Crippen molar-refractivity contribution in [2.24, 2.45) is 5.92 Å². The van der Waals surface area contributed by atoms with Crippen molar-refractivity contribution in [3.05, 3.63) is 72.3 Å². The zero-order chi connectivity index (χ0) is 17.9. The van der Waals surface area contributed by atoms with Gasteiger partial charge in [0.25, 0.3) is 0 Å². The second-order valence-corrected chi connectivity index (χ2v) is 6.56. The van der Waals surface area contributed by atoms with Crippen molar-refractivity contribution in [2.75, 3.05) is 5.32 Å². The van der Waals surface area contributed by atoms with Crippen molar-refractivity contribution in [3.8, 4) is 5.69 Å². The van der Waals surface area contributed by atoms with Crippen LogP contribution in [0.2, 0.25) is 0 Å². The summed E-state index contributed by atoms with van der Waals surface area (Å²) in [4.78, 5) is 16.9. The van der Waals surface area contributed by atoms with Crippen LogP contribution in [0.25, 0.3) is 5.69 Å². The Morgan fingerprint density at radius 2 is 1.92 bits per heavy atom. The third-order valence-corrected chi connectivity index (χ3v) is 4.65. The Labute approximate surface area is 152 Å². The molecule has 0 spiro atoms. The first kappa shape index (κ1) is 16.3. The third-order valence-electron chi connectivity index (χ3n) is 4.65. The highest BCUT2D eigenvalue weighted by Crippen LogP contribution is 2.40. The minimum Gasteiger partial charge on any atom is -0.329 e. The molecule has 0 radical (unpaired) electrons. The fourth-order valence-electron chi connectivity index (χ4n) is 3.08. The van der Waals surface area contributed by atoms with Gasteiger partial charge in [-0.1, -0.05) is 24.3 Å². The number of nitrogens with zero attached hydrogens (tertiary/aromatic N) is 3. The van der Waals surface area contributed by atoms with E-state index in [2.05, 4.69) is 20.7 Å². The van der Waals surface area contributed by atoms with E-state index in [1.165, 1.54) is 0 Å². The summed E-state index contributed by atoms with van der Waals surface area (Å²) in [6.45, 7) is 1.94. The number of benzene rings is 1. The molecule has 2 heterocycles. The van der Waals surface area contributed by atoms with Gasteiger partial charge in [-0.05, 0) is 49.9 Å². The van der Waals surface area contributed by atoms with E-state index in [1.54, 1.807) is 12.4 Å². The molecular weight excluding hydrogens is 326 g/mol. The van der Waals surface area contributed by atoms with E-state index in [9.17, 15) is 4.79 Å². The van der Waals surface area contributed by atoms with E-state index < -0.39 is 0 Å². The highest BCUT2D eigenvalue weighted by Gasteiger charge is 2.34. The second kappa shape index (κ2) is 7.00. The Morgan fingerprint density at radius 1 is 1.15 bits per heavy atom. The van der Waals surface area contributed by atoms with Crippen LogP contribution in [0.5, 0.6) is 0 Å². The van der Waals surface area contributed by atoms with Crippen molar-refractivity contribution < 1.29 is 4.79 Å². The molecule has 1 aliphatic rings. The Hall–Kier alpha value is -3.15. The van der Waals surface area contributed by atoms with Gasteiger partial charge in [-0.25, -0.2) is 9.48 Å². The summed E-state index contributed by atoms with van der Waals surface area (Å²) < 4.78 is 1.81. The summed E-state index contributed by atoms with van der Waals surface area (Å²) in [6, 6.07) is 15.4. The van der Waals surface area contributed by atoms with Crippen molar-refractivity contribution >= 4 is 11.7 Å². The van der Waals surface area contributed by atoms with E-state index in [-0.39, 0.29) is 12.1 Å². The van der Waals surface area contributed by atoms with Crippen LogP contribution in [0.15, 0.2) is 60.9 Å². The van der Waals surface area contributed by atoms with E-state index >= 15 is 0 Å². The predicted octanol–water partition coefficient (Wildman–Crippen LogP) is 3.85. The molecule has 0 saturated heterocycles. The number of carbonyl (C=O) groups is 1. The van der Waals surface area contributed by atoms with Crippen LogP contribution >= 0.6 is 0 Å². The van der Waals surface area contributed by atoms with Crippen LogP contribution in [0.4, 0.5) is 10.5 Å². The summed E-state index contributed by atoms with van der Waals surface area (Å²) in [7, 11) is 0. The first-order valence-corrected chi connectivity index (χ1v) is 8.81. The fourth-order valence-corrected chi connectivity index (χ4v) is 3.08. The normalized spacial score (nSPS) is 14.7. The van der Waals surface area contributed by atoms with E-state index in [0.29, 0.717) is 11.6 Å². The molecule has 1 atom stereocenters. The van der Waals surface area contributed by atoms with E-state index in [0.717, 1.165) is 29.9 Å². The topological polar surface area (TPSA) is 71.8 Å². The average Bonchev–Trinajstić information content (AvgIpc) is 3.46. The van der Waals surface area contributed by atoms with Gasteiger partial charge in [0.2, 0.25) is 0 Å². The smallest absolute Gasteiger partial charge is 0.319 e. The monoisotopic (exact) mass is 347 g/mol.